The van der Waals surface area contributed by atoms with Gasteiger partial charge in [0.1, 0.15) is 0 Å². The lowest BCUT2D eigenvalue weighted by atomic mass is 10.1. The summed E-state index contributed by atoms with van der Waals surface area (Å²) in [5.41, 5.74) is 1.96. The largest absolute Gasteiger partial charge is 0.355 e. The maximum atomic E-state index is 12.1. The third-order valence-corrected chi connectivity index (χ3v) is 4.99. The highest BCUT2D eigenvalue weighted by Gasteiger charge is 2.14. The molecule has 0 saturated carbocycles. The Hall–Kier alpha value is -1.44. The van der Waals surface area contributed by atoms with E-state index in [2.05, 4.69) is 15.4 Å². The van der Waals surface area contributed by atoms with Crippen LogP contribution in [-0.4, -0.2) is 40.5 Å². The van der Waals surface area contributed by atoms with Crippen molar-refractivity contribution < 1.29 is 13.2 Å². The van der Waals surface area contributed by atoms with Crippen LogP contribution in [-0.2, 0) is 14.8 Å². The number of hydrogen-bond donors (Lipinski definition) is 3. The van der Waals surface area contributed by atoms with E-state index in [0.717, 1.165) is 11.1 Å². The van der Waals surface area contributed by atoms with Gasteiger partial charge < -0.3 is 10.6 Å². The van der Waals surface area contributed by atoms with Crippen molar-refractivity contribution in [1.82, 2.24) is 15.4 Å². The van der Waals surface area contributed by atoms with Gasteiger partial charge in [-0.25, -0.2) is 13.1 Å². The van der Waals surface area contributed by atoms with E-state index in [4.69, 9.17) is 0 Å². The molecule has 0 heterocycles. The van der Waals surface area contributed by atoms with Crippen LogP contribution in [0.2, 0.25) is 0 Å². The number of hydrogen-bond acceptors (Lipinski definition) is 4. The SMILES string of the molecule is CNC(C)CNC(=O)CCNS(=O)(=O)c1ccc(C)c(C)c1. The van der Waals surface area contributed by atoms with Gasteiger partial charge in [-0.05, 0) is 51.1 Å². The molecule has 0 aliphatic carbocycles. The van der Waals surface area contributed by atoms with Crippen molar-refractivity contribution in [3.05, 3.63) is 29.3 Å². The number of carbonyl (C=O) groups is 1. The molecule has 1 unspecified atom stereocenters. The minimum Gasteiger partial charge on any atom is -0.355 e. The Morgan fingerprint density at radius 3 is 2.50 bits per heavy atom. The van der Waals surface area contributed by atoms with Gasteiger partial charge in [0, 0.05) is 25.6 Å². The molecular weight excluding hydrogens is 302 g/mol. The Kier molecular flexibility index (Phi) is 6.99. The van der Waals surface area contributed by atoms with Gasteiger partial charge >= 0.3 is 0 Å². The molecule has 124 valence electrons. The molecule has 1 rings (SSSR count). The van der Waals surface area contributed by atoms with E-state index in [1.165, 1.54) is 0 Å². The number of amides is 1. The predicted molar refractivity (Wildman–Crippen MR) is 87.3 cm³/mol. The number of likely N-dealkylation sites (N-methyl/N-ethyl adjacent to an activating group) is 1. The van der Waals surface area contributed by atoms with Crippen LogP contribution in [0.3, 0.4) is 0 Å². The van der Waals surface area contributed by atoms with Crippen molar-refractivity contribution in [3.63, 3.8) is 0 Å². The van der Waals surface area contributed by atoms with E-state index in [9.17, 15) is 13.2 Å². The van der Waals surface area contributed by atoms with Gasteiger partial charge in [0.05, 0.1) is 4.90 Å². The van der Waals surface area contributed by atoms with E-state index in [1.807, 2.05) is 27.8 Å². The second kappa shape index (κ2) is 8.26. The Balaban J connectivity index is 2.49. The zero-order chi connectivity index (χ0) is 16.8. The van der Waals surface area contributed by atoms with E-state index in [0.29, 0.717) is 6.54 Å². The minimum atomic E-state index is -3.57. The van der Waals surface area contributed by atoms with Crippen molar-refractivity contribution in [1.29, 1.82) is 0 Å². The molecular formula is C15H25N3O3S. The second-order valence-electron chi connectivity index (χ2n) is 5.39. The minimum absolute atomic E-state index is 0.0784. The Morgan fingerprint density at radius 2 is 1.91 bits per heavy atom. The van der Waals surface area contributed by atoms with E-state index in [-0.39, 0.29) is 29.8 Å². The average Bonchev–Trinajstić information content (AvgIpc) is 2.47. The molecule has 0 fully saturated rings. The lowest BCUT2D eigenvalue weighted by Gasteiger charge is -2.12. The number of carbonyl (C=O) groups excluding carboxylic acids is 1. The molecule has 0 radical (unpaired) electrons. The smallest absolute Gasteiger partial charge is 0.240 e. The molecule has 1 aromatic rings. The number of nitrogens with one attached hydrogen (secondary N) is 3. The van der Waals surface area contributed by atoms with Crippen LogP contribution in [0.4, 0.5) is 0 Å². The fourth-order valence-electron chi connectivity index (χ4n) is 1.72. The second-order valence-corrected chi connectivity index (χ2v) is 7.15. The maximum Gasteiger partial charge on any atom is 0.240 e. The summed E-state index contributed by atoms with van der Waals surface area (Å²) >= 11 is 0. The van der Waals surface area contributed by atoms with Gasteiger partial charge in [-0.15, -0.1) is 0 Å². The molecule has 22 heavy (non-hydrogen) atoms. The highest BCUT2D eigenvalue weighted by Crippen LogP contribution is 2.14. The van der Waals surface area contributed by atoms with Crippen LogP contribution >= 0.6 is 0 Å². The van der Waals surface area contributed by atoms with Crippen LogP contribution in [0.15, 0.2) is 23.1 Å². The number of sulfonamides is 1. The molecule has 1 aromatic carbocycles. The molecule has 0 saturated heterocycles. The summed E-state index contributed by atoms with van der Waals surface area (Å²) in [5, 5.41) is 5.75. The molecule has 0 aromatic heterocycles. The standard InChI is InChI=1S/C15H25N3O3S/c1-11-5-6-14(9-12(11)2)22(20,21)18-8-7-15(19)17-10-13(3)16-4/h5-6,9,13,16,18H,7-8,10H2,1-4H3,(H,17,19). The molecule has 0 aliphatic rings. The van der Waals surface area contributed by atoms with Crippen molar-refractivity contribution in [2.75, 3.05) is 20.1 Å². The summed E-state index contributed by atoms with van der Waals surface area (Å²) < 4.78 is 26.7. The van der Waals surface area contributed by atoms with Crippen molar-refractivity contribution in [2.24, 2.45) is 0 Å². The van der Waals surface area contributed by atoms with Crippen LogP contribution in [0.5, 0.6) is 0 Å². The van der Waals surface area contributed by atoms with Gasteiger partial charge in [0.15, 0.2) is 0 Å². The number of benzene rings is 1. The van der Waals surface area contributed by atoms with E-state index < -0.39 is 10.0 Å². The molecule has 0 aliphatic heterocycles. The van der Waals surface area contributed by atoms with Crippen molar-refractivity contribution in [3.8, 4) is 0 Å². The van der Waals surface area contributed by atoms with Gasteiger partial charge in [-0.1, -0.05) is 6.07 Å². The molecule has 7 heteroatoms. The summed E-state index contributed by atoms with van der Waals surface area (Å²) in [6.45, 7) is 6.33. The summed E-state index contributed by atoms with van der Waals surface area (Å²) in [7, 11) is -1.76. The predicted octanol–water partition coefficient (Wildman–Crippen LogP) is 0.696. The van der Waals surface area contributed by atoms with Crippen LogP contribution in [0.1, 0.15) is 24.5 Å². The lowest BCUT2D eigenvalue weighted by Crippen LogP contribution is -2.38. The summed E-state index contributed by atoms with van der Waals surface area (Å²) in [4.78, 5) is 11.8. The zero-order valence-electron chi connectivity index (χ0n) is 13.6. The lowest BCUT2D eigenvalue weighted by molar-refractivity contribution is -0.121. The Bertz CT molecular complexity index is 614. The number of rotatable bonds is 8. The fourth-order valence-corrected chi connectivity index (χ4v) is 2.84. The van der Waals surface area contributed by atoms with Crippen LogP contribution < -0.4 is 15.4 Å². The first-order chi connectivity index (χ1) is 10.3. The molecule has 0 bridgehead atoms. The first kappa shape index (κ1) is 18.6. The highest BCUT2D eigenvalue weighted by molar-refractivity contribution is 7.89. The molecule has 6 nitrogen and oxygen atoms in total. The molecule has 1 amide bonds. The normalized spacial score (nSPS) is 12.9. The first-order valence-electron chi connectivity index (χ1n) is 7.27. The molecule has 1 atom stereocenters. The summed E-state index contributed by atoms with van der Waals surface area (Å²) in [5.74, 6) is -0.176. The average molecular weight is 327 g/mol. The van der Waals surface area contributed by atoms with Crippen LogP contribution in [0.25, 0.3) is 0 Å². The third-order valence-electron chi connectivity index (χ3n) is 3.53. The van der Waals surface area contributed by atoms with Gasteiger partial charge in [0.2, 0.25) is 15.9 Å². The Morgan fingerprint density at radius 1 is 1.23 bits per heavy atom. The fraction of sp³-hybridized carbons (Fsp3) is 0.533. The topological polar surface area (TPSA) is 87.3 Å². The Labute approximate surface area is 132 Å². The van der Waals surface area contributed by atoms with Crippen molar-refractivity contribution in [2.45, 2.75) is 38.1 Å². The highest BCUT2D eigenvalue weighted by atomic mass is 32.2. The summed E-state index contributed by atoms with van der Waals surface area (Å²) in [6, 6.07) is 5.15. The first-order valence-corrected chi connectivity index (χ1v) is 8.75. The third kappa shape index (κ3) is 5.75. The van der Waals surface area contributed by atoms with Gasteiger partial charge in [-0.2, -0.15) is 0 Å². The monoisotopic (exact) mass is 327 g/mol. The quantitative estimate of drug-likeness (QED) is 0.656. The van der Waals surface area contributed by atoms with E-state index in [1.54, 1.807) is 18.2 Å². The summed E-state index contributed by atoms with van der Waals surface area (Å²) in [6.07, 6.45) is 0.112. The van der Waals surface area contributed by atoms with Gasteiger partial charge in [-0.3, -0.25) is 4.79 Å². The zero-order valence-corrected chi connectivity index (χ0v) is 14.4. The van der Waals surface area contributed by atoms with E-state index >= 15 is 0 Å². The molecule has 3 N–H and O–H groups in total. The molecule has 0 spiro atoms. The van der Waals surface area contributed by atoms with Crippen LogP contribution in [0, 0.1) is 13.8 Å². The van der Waals surface area contributed by atoms with Crippen molar-refractivity contribution >= 4 is 15.9 Å². The van der Waals surface area contributed by atoms with Gasteiger partial charge in [0.25, 0.3) is 0 Å². The maximum absolute atomic E-state index is 12.1. The number of aryl methyl sites for hydroxylation is 2.